The number of hydrogen-bond acceptors (Lipinski definition) is 6. The fourth-order valence-corrected chi connectivity index (χ4v) is 5.20. The summed E-state index contributed by atoms with van der Waals surface area (Å²) in [6.07, 6.45) is 3.25. The number of carbonyl (C=O) groups is 1. The van der Waals surface area contributed by atoms with Gasteiger partial charge in [0.25, 0.3) is 0 Å². The topological polar surface area (TPSA) is 98.5 Å². The van der Waals surface area contributed by atoms with Gasteiger partial charge in [-0.05, 0) is 37.3 Å². The summed E-state index contributed by atoms with van der Waals surface area (Å²) in [5.74, 6) is -1.07. The Morgan fingerprint density at radius 2 is 1.85 bits per heavy atom. The Balaban J connectivity index is 0.00000306. The second kappa shape index (κ2) is 9.64. The summed E-state index contributed by atoms with van der Waals surface area (Å²) in [5, 5.41) is 11.1. The molecule has 1 N–H and O–H groups in total. The number of carbonyl (C=O) groups excluding carboxylic acids is 1. The van der Waals surface area contributed by atoms with Crippen LogP contribution in [0.5, 0.6) is 5.75 Å². The van der Waals surface area contributed by atoms with Gasteiger partial charge < -0.3 is 14.4 Å². The normalized spacial score (nSPS) is 11.2. The maximum Gasteiger partial charge on any atom is 0.340 e. The van der Waals surface area contributed by atoms with Crippen LogP contribution in [0.25, 0.3) is 22.0 Å². The molecule has 0 fully saturated rings. The summed E-state index contributed by atoms with van der Waals surface area (Å²) in [6.45, 7) is 1.82. The fraction of sp³-hybridized carbons (Fsp3) is 0.167. The molecular formula is C24H23ClN2O5S. The van der Waals surface area contributed by atoms with Gasteiger partial charge >= 0.3 is 5.97 Å². The van der Waals surface area contributed by atoms with Crippen molar-refractivity contribution < 1.29 is 23.1 Å². The molecule has 33 heavy (non-hydrogen) atoms. The molecule has 9 heteroatoms. The molecule has 2 heterocycles. The first-order valence-corrected chi connectivity index (χ1v) is 11.7. The SMILES string of the molecule is CCOC(=O)c1c(CS(=O)(=O)c2ccccc2)n(C)c2cc(-c3cccnc3)c(O)cc12.Cl. The molecule has 0 unspecified atom stereocenters. The van der Waals surface area contributed by atoms with Crippen LogP contribution in [0.3, 0.4) is 0 Å². The van der Waals surface area contributed by atoms with Crippen molar-refractivity contribution in [2.45, 2.75) is 17.6 Å². The zero-order chi connectivity index (χ0) is 22.9. The number of esters is 1. The number of sulfone groups is 1. The van der Waals surface area contributed by atoms with E-state index in [0.29, 0.717) is 27.7 Å². The van der Waals surface area contributed by atoms with Crippen LogP contribution in [0.15, 0.2) is 71.9 Å². The lowest BCUT2D eigenvalue weighted by molar-refractivity contribution is 0.0527. The minimum Gasteiger partial charge on any atom is -0.507 e. The second-order valence-electron chi connectivity index (χ2n) is 7.30. The lowest BCUT2D eigenvalue weighted by atomic mass is 10.0. The zero-order valence-corrected chi connectivity index (χ0v) is 19.7. The third-order valence-electron chi connectivity index (χ3n) is 5.32. The molecule has 0 saturated heterocycles. The number of ether oxygens (including phenoxy) is 1. The number of halogens is 1. The van der Waals surface area contributed by atoms with Crippen LogP contribution in [0.1, 0.15) is 23.0 Å². The molecule has 2 aromatic heterocycles. The van der Waals surface area contributed by atoms with Crippen molar-refractivity contribution >= 4 is 39.1 Å². The van der Waals surface area contributed by atoms with Crippen molar-refractivity contribution in [3.63, 3.8) is 0 Å². The van der Waals surface area contributed by atoms with E-state index >= 15 is 0 Å². The molecule has 7 nitrogen and oxygen atoms in total. The van der Waals surface area contributed by atoms with E-state index in [1.165, 1.54) is 18.2 Å². The van der Waals surface area contributed by atoms with E-state index in [2.05, 4.69) is 4.98 Å². The first-order valence-electron chi connectivity index (χ1n) is 10.0. The van der Waals surface area contributed by atoms with E-state index in [1.807, 2.05) is 6.07 Å². The van der Waals surface area contributed by atoms with Gasteiger partial charge in [0.1, 0.15) is 5.75 Å². The number of aryl methyl sites for hydroxylation is 1. The molecule has 0 saturated carbocycles. The molecule has 2 aromatic carbocycles. The lowest BCUT2D eigenvalue weighted by Crippen LogP contribution is -2.13. The van der Waals surface area contributed by atoms with Crippen molar-refractivity contribution in [1.82, 2.24) is 9.55 Å². The van der Waals surface area contributed by atoms with Crippen molar-refractivity contribution in [2.75, 3.05) is 6.61 Å². The summed E-state index contributed by atoms with van der Waals surface area (Å²) in [4.78, 5) is 17.1. The highest BCUT2D eigenvalue weighted by Crippen LogP contribution is 2.37. The fourth-order valence-electron chi connectivity index (χ4n) is 3.77. The average molecular weight is 487 g/mol. The second-order valence-corrected chi connectivity index (χ2v) is 9.29. The van der Waals surface area contributed by atoms with Crippen molar-refractivity contribution in [1.29, 1.82) is 0 Å². The number of nitrogens with zero attached hydrogens (tertiary/aromatic N) is 2. The lowest BCUT2D eigenvalue weighted by Gasteiger charge is -2.09. The van der Waals surface area contributed by atoms with Crippen LogP contribution in [0.2, 0.25) is 0 Å². The van der Waals surface area contributed by atoms with Crippen LogP contribution in [0, 0.1) is 0 Å². The number of phenols is 1. The highest BCUT2D eigenvalue weighted by molar-refractivity contribution is 7.90. The number of fused-ring (bicyclic) bond motifs is 1. The number of aromatic hydroxyl groups is 1. The number of phenolic OH excluding ortho intramolecular Hbond substituents is 1. The molecule has 4 rings (SSSR count). The average Bonchev–Trinajstić information content (AvgIpc) is 3.04. The standard InChI is InChI=1S/C24H22N2O5S.ClH/c1-3-31-24(28)23-19-13-22(27)18(16-8-7-11-25-14-16)12-20(19)26(2)21(23)15-32(29,30)17-9-5-4-6-10-17;/h4-14,27H,3,15H2,1-2H3;1H. The first kappa shape index (κ1) is 24.3. The van der Waals surface area contributed by atoms with Crippen LogP contribution >= 0.6 is 12.4 Å². The van der Waals surface area contributed by atoms with E-state index in [1.54, 1.807) is 61.3 Å². The number of hydrogen-bond donors (Lipinski definition) is 1. The Morgan fingerprint density at radius 1 is 1.12 bits per heavy atom. The Kier molecular flexibility index (Phi) is 7.09. The molecule has 0 spiro atoms. The molecule has 4 aromatic rings. The molecule has 0 bridgehead atoms. The van der Waals surface area contributed by atoms with Gasteiger partial charge in [-0.3, -0.25) is 4.98 Å². The van der Waals surface area contributed by atoms with Gasteiger partial charge in [0.05, 0.1) is 22.8 Å². The van der Waals surface area contributed by atoms with Crippen LogP contribution in [0.4, 0.5) is 0 Å². The Bertz CT molecular complexity index is 1400. The van der Waals surface area contributed by atoms with Gasteiger partial charge in [0.2, 0.25) is 0 Å². The summed E-state index contributed by atoms with van der Waals surface area (Å²) in [5.41, 5.74) is 2.26. The minimum absolute atomic E-state index is 0. The van der Waals surface area contributed by atoms with Gasteiger partial charge in [0, 0.05) is 47.2 Å². The molecular weight excluding hydrogens is 464 g/mol. The van der Waals surface area contributed by atoms with E-state index in [0.717, 1.165) is 0 Å². The third kappa shape index (κ3) is 4.58. The largest absolute Gasteiger partial charge is 0.507 e. The number of benzene rings is 2. The van der Waals surface area contributed by atoms with Crippen molar-refractivity contribution in [3.8, 4) is 16.9 Å². The predicted octanol–water partition coefficient (Wildman–Crippen LogP) is 4.52. The Morgan fingerprint density at radius 3 is 2.48 bits per heavy atom. The number of aromatic nitrogens is 2. The summed E-state index contributed by atoms with van der Waals surface area (Å²) >= 11 is 0. The molecule has 0 aliphatic rings. The Labute approximate surface area is 198 Å². The summed E-state index contributed by atoms with van der Waals surface area (Å²) < 4.78 is 33.1. The molecule has 172 valence electrons. The van der Waals surface area contributed by atoms with Gasteiger partial charge in [-0.1, -0.05) is 24.3 Å². The highest BCUT2D eigenvalue weighted by atomic mass is 35.5. The highest BCUT2D eigenvalue weighted by Gasteiger charge is 2.28. The van der Waals surface area contributed by atoms with Gasteiger partial charge in [-0.25, -0.2) is 13.2 Å². The molecule has 0 atom stereocenters. The predicted molar refractivity (Wildman–Crippen MR) is 128 cm³/mol. The first-order chi connectivity index (χ1) is 15.3. The van der Waals surface area contributed by atoms with Crippen LogP contribution in [-0.2, 0) is 27.4 Å². The monoisotopic (exact) mass is 486 g/mol. The maximum absolute atomic E-state index is 13.1. The third-order valence-corrected chi connectivity index (χ3v) is 6.96. The van der Waals surface area contributed by atoms with Gasteiger partial charge in [-0.2, -0.15) is 0 Å². The van der Waals surface area contributed by atoms with Crippen molar-refractivity contribution in [3.05, 3.63) is 78.2 Å². The molecule has 0 aliphatic heterocycles. The number of pyridine rings is 1. The van der Waals surface area contributed by atoms with E-state index in [-0.39, 0.29) is 41.0 Å². The van der Waals surface area contributed by atoms with Crippen molar-refractivity contribution in [2.24, 2.45) is 7.05 Å². The Hall–Kier alpha value is -3.36. The zero-order valence-electron chi connectivity index (χ0n) is 18.1. The summed E-state index contributed by atoms with van der Waals surface area (Å²) in [6, 6.07) is 14.9. The van der Waals surface area contributed by atoms with E-state index < -0.39 is 15.8 Å². The molecule has 0 radical (unpaired) electrons. The van der Waals surface area contributed by atoms with Gasteiger partial charge in [0.15, 0.2) is 9.84 Å². The van der Waals surface area contributed by atoms with Crippen LogP contribution in [-0.4, -0.2) is 35.7 Å². The smallest absolute Gasteiger partial charge is 0.340 e. The molecule has 0 amide bonds. The maximum atomic E-state index is 13.1. The van der Waals surface area contributed by atoms with Crippen LogP contribution < -0.4 is 0 Å². The summed E-state index contributed by atoms with van der Waals surface area (Å²) in [7, 11) is -2.03. The van der Waals surface area contributed by atoms with Gasteiger partial charge in [-0.15, -0.1) is 12.4 Å². The molecule has 0 aliphatic carbocycles. The number of rotatable bonds is 6. The van der Waals surface area contributed by atoms with E-state index in [9.17, 15) is 18.3 Å². The quantitative estimate of drug-likeness (QED) is 0.402. The minimum atomic E-state index is -3.73. The van der Waals surface area contributed by atoms with E-state index in [4.69, 9.17) is 4.74 Å².